The van der Waals surface area contributed by atoms with Crippen molar-refractivity contribution in [3.63, 3.8) is 0 Å². The maximum atomic E-state index is 12.5. The third kappa shape index (κ3) is 5.22. The average Bonchev–Trinajstić information content (AvgIpc) is 3.13. The van der Waals surface area contributed by atoms with Gasteiger partial charge >= 0.3 is 0 Å². The van der Waals surface area contributed by atoms with Crippen LogP contribution in [-0.4, -0.2) is 36.7 Å². The van der Waals surface area contributed by atoms with Gasteiger partial charge in [0, 0.05) is 30.8 Å². The van der Waals surface area contributed by atoms with Crippen molar-refractivity contribution in [2.24, 2.45) is 11.7 Å². The number of nitrogens with two attached hydrogens (primary N) is 1. The second-order valence-electron chi connectivity index (χ2n) is 7.30. The van der Waals surface area contributed by atoms with Crippen molar-refractivity contribution in [3.8, 4) is 0 Å². The molecule has 0 radical (unpaired) electrons. The molecule has 4 N–H and O–H groups in total. The zero-order chi connectivity index (χ0) is 21.7. The number of primary amides is 1. The van der Waals surface area contributed by atoms with E-state index in [9.17, 15) is 19.2 Å². The second kappa shape index (κ2) is 9.21. The number of anilines is 1. The first-order chi connectivity index (χ1) is 14.3. The van der Waals surface area contributed by atoms with Crippen molar-refractivity contribution in [2.45, 2.75) is 19.9 Å². The summed E-state index contributed by atoms with van der Waals surface area (Å²) in [6.45, 7) is 2.40. The lowest BCUT2D eigenvalue weighted by molar-refractivity contribution is -0.126. The molecular weight excluding hydrogens is 384 g/mol. The lowest BCUT2D eigenvalue weighted by Gasteiger charge is -2.17. The van der Waals surface area contributed by atoms with Crippen molar-refractivity contribution < 1.29 is 19.2 Å². The largest absolute Gasteiger partial charge is 0.368 e. The first kappa shape index (κ1) is 21.0. The standard InChI is InChI=1S/C22H24N4O4/c1-14-2-8-18(9-3-14)26-13-17(10-20(26)28)22(30)24-11-15-4-6-16(7-5-15)21(29)25-12-19(23)27/h2-9,17H,10-13H2,1H3,(H2,23,27)(H,24,30)(H,25,29). The lowest BCUT2D eigenvalue weighted by atomic mass is 10.1. The molecule has 1 aliphatic heterocycles. The highest BCUT2D eigenvalue weighted by Gasteiger charge is 2.34. The van der Waals surface area contributed by atoms with Crippen LogP contribution in [0, 0.1) is 12.8 Å². The summed E-state index contributed by atoms with van der Waals surface area (Å²) in [5.74, 6) is -1.66. The molecule has 1 unspecified atom stereocenters. The Labute approximate surface area is 174 Å². The highest BCUT2D eigenvalue weighted by molar-refractivity contribution is 6.00. The van der Waals surface area contributed by atoms with E-state index in [2.05, 4.69) is 10.6 Å². The molecule has 156 valence electrons. The fraction of sp³-hybridized carbons (Fsp3) is 0.273. The van der Waals surface area contributed by atoms with E-state index in [1.165, 1.54) is 0 Å². The Hall–Kier alpha value is -3.68. The number of nitrogens with one attached hydrogen (secondary N) is 2. The van der Waals surface area contributed by atoms with Gasteiger partial charge in [0.2, 0.25) is 17.7 Å². The predicted octanol–water partition coefficient (Wildman–Crippen LogP) is 0.879. The van der Waals surface area contributed by atoms with Crippen LogP contribution in [0.1, 0.15) is 27.9 Å². The molecule has 2 aromatic carbocycles. The van der Waals surface area contributed by atoms with Crippen molar-refractivity contribution in [3.05, 3.63) is 65.2 Å². The second-order valence-corrected chi connectivity index (χ2v) is 7.30. The minimum Gasteiger partial charge on any atom is -0.368 e. The van der Waals surface area contributed by atoms with Crippen LogP contribution >= 0.6 is 0 Å². The number of carbonyl (C=O) groups is 4. The van der Waals surface area contributed by atoms with Gasteiger partial charge in [-0.05, 0) is 36.8 Å². The van der Waals surface area contributed by atoms with Crippen LogP contribution in [0.15, 0.2) is 48.5 Å². The number of hydrogen-bond donors (Lipinski definition) is 3. The number of nitrogens with zero attached hydrogens (tertiary/aromatic N) is 1. The molecule has 1 aliphatic rings. The molecule has 1 fully saturated rings. The highest BCUT2D eigenvalue weighted by Crippen LogP contribution is 2.25. The summed E-state index contributed by atoms with van der Waals surface area (Å²) in [5, 5.41) is 5.26. The molecule has 1 heterocycles. The number of carbonyl (C=O) groups excluding carboxylic acids is 4. The highest BCUT2D eigenvalue weighted by atomic mass is 16.2. The molecule has 0 aliphatic carbocycles. The van der Waals surface area contributed by atoms with Gasteiger partial charge < -0.3 is 21.3 Å². The van der Waals surface area contributed by atoms with Crippen molar-refractivity contribution in [1.82, 2.24) is 10.6 Å². The van der Waals surface area contributed by atoms with Gasteiger partial charge in [-0.25, -0.2) is 0 Å². The summed E-state index contributed by atoms with van der Waals surface area (Å²) in [6.07, 6.45) is 0.179. The molecule has 30 heavy (non-hydrogen) atoms. The van der Waals surface area contributed by atoms with Gasteiger partial charge in [0.05, 0.1) is 12.5 Å². The van der Waals surface area contributed by atoms with Crippen LogP contribution in [0.5, 0.6) is 0 Å². The van der Waals surface area contributed by atoms with E-state index < -0.39 is 17.7 Å². The molecule has 0 saturated carbocycles. The summed E-state index contributed by atoms with van der Waals surface area (Å²) in [6, 6.07) is 14.3. The quantitative estimate of drug-likeness (QED) is 0.629. The molecule has 2 aromatic rings. The fourth-order valence-electron chi connectivity index (χ4n) is 3.23. The van der Waals surface area contributed by atoms with Crippen LogP contribution in [-0.2, 0) is 20.9 Å². The van der Waals surface area contributed by atoms with Gasteiger partial charge in [0.25, 0.3) is 5.91 Å². The smallest absolute Gasteiger partial charge is 0.251 e. The number of amides is 4. The van der Waals surface area contributed by atoms with Gasteiger partial charge in [-0.15, -0.1) is 0 Å². The van der Waals surface area contributed by atoms with Gasteiger partial charge in [-0.3, -0.25) is 19.2 Å². The first-order valence-electron chi connectivity index (χ1n) is 9.63. The summed E-state index contributed by atoms with van der Waals surface area (Å²) in [5.41, 5.74) is 8.11. The monoisotopic (exact) mass is 408 g/mol. The van der Waals surface area contributed by atoms with Gasteiger partial charge in [0.15, 0.2) is 0 Å². The average molecular weight is 408 g/mol. The summed E-state index contributed by atoms with van der Waals surface area (Å²) >= 11 is 0. The Balaban J connectivity index is 1.52. The Morgan fingerprint density at radius 1 is 1.03 bits per heavy atom. The Kier molecular flexibility index (Phi) is 6.46. The van der Waals surface area contributed by atoms with Gasteiger partial charge in [-0.2, -0.15) is 0 Å². The third-order valence-corrected chi connectivity index (χ3v) is 4.95. The molecule has 8 nitrogen and oxygen atoms in total. The summed E-state index contributed by atoms with van der Waals surface area (Å²) < 4.78 is 0. The maximum Gasteiger partial charge on any atom is 0.251 e. The summed E-state index contributed by atoms with van der Waals surface area (Å²) in [4.78, 5) is 49.1. The third-order valence-electron chi connectivity index (χ3n) is 4.95. The van der Waals surface area contributed by atoms with Crippen LogP contribution in [0.2, 0.25) is 0 Å². The fourth-order valence-corrected chi connectivity index (χ4v) is 3.23. The molecule has 1 atom stereocenters. The van der Waals surface area contributed by atoms with Crippen molar-refractivity contribution in [2.75, 3.05) is 18.0 Å². The number of benzene rings is 2. The van der Waals surface area contributed by atoms with Crippen LogP contribution in [0.25, 0.3) is 0 Å². The molecule has 0 bridgehead atoms. The van der Waals surface area contributed by atoms with Crippen molar-refractivity contribution >= 4 is 29.3 Å². The molecule has 0 aromatic heterocycles. The SMILES string of the molecule is Cc1ccc(N2CC(C(=O)NCc3ccc(C(=O)NCC(N)=O)cc3)CC2=O)cc1. The number of rotatable bonds is 7. The van der Waals surface area contributed by atoms with E-state index in [1.807, 2.05) is 31.2 Å². The van der Waals surface area contributed by atoms with E-state index in [4.69, 9.17) is 5.73 Å². The van der Waals surface area contributed by atoms with Gasteiger partial charge in [0.1, 0.15) is 0 Å². The zero-order valence-electron chi connectivity index (χ0n) is 16.7. The Morgan fingerprint density at radius 2 is 1.70 bits per heavy atom. The van der Waals surface area contributed by atoms with E-state index in [0.717, 1.165) is 16.8 Å². The molecule has 1 saturated heterocycles. The van der Waals surface area contributed by atoms with E-state index in [0.29, 0.717) is 12.1 Å². The topological polar surface area (TPSA) is 122 Å². The first-order valence-corrected chi connectivity index (χ1v) is 9.63. The van der Waals surface area contributed by atoms with Crippen molar-refractivity contribution in [1.29, 1.82) is 0 Å². The van der Waals surface area contributed by atoms with E-state index in [-0.39, 0.29) is 31.3 Å². The number of hydrogen-bond acceptors (Lipinski definition) is 4. The Morgan fingerprint density at radius 3 is 2.33 bits per heavy atom. The maximum absolute atomic E-state index is 12.5. The van der Waals surface area contributed by atoms with Crippen LogP contribution in [0.3, 0.4) is 0 Å². The minimum absolute atomic E-state index is 0.0645. The molecular formula is C22H24N4O4. The zero-order valence-corrected chi connectivity index (χ0v) is 16.7. The van der Waals surface area contributed by atoms with Crippen LogP contribution < -0.4 is 21.3 Å². The summed E-state index contributed by atoms with van der Waals surface area (Å²) in [7, 11) is 0. The van der Waals surface area contributed by atoms with Crippen LogP contribution in [0.4, 0.5) is 5.69 Å². The minimum atomic E-state index is -0.617. The molecule has 0 spiro atoms. The lowest BCUT2D eigenvalue weighted by Crippen LogP contribution is -2.33. The van der Waals surface area contributed by atoms with E-state index in [1.54, 1.807) is 29.2 Å². The van der Waals surface area contributed by atoms with Gasteiger partial charge in [-0.1, -0.05) is 29.8 Å². The molecule has 3 rings (SSSR count). The normalized spacial score (nSPS) is 15.7. The molecule has 4 amide bonds. The van der Waals surface area contributed by atoms with E-state index >= 15 is 0 Å². The molecule has 8 heteroatoms. The Bertz CT molecular complexity index is 954. The number of aryl methyl sites for hydroxylation is 1. The predicted molar refractivity (Wildman–Crippen MR) is 111 cm³/mol.